The van der Waals surface area contributed by atoms with Crippen molar-refractivity contribution in [2.75, 3.05) is 4.90 Å². The number of aldehydes is 1. The van der Waals surface area contributed by atoms with Gasteiger partial charge in [-0.1, -0.05) is 74.5 Å². The molecule has 2 unspecified atom stereocenters. The van der Waals surface area contributed by atoms with Gasteiger partial charge in [0.15, 0.2) is 0 Å². The number of aryl methyl sites for hydroxylation is 1. The summed E-state index contributed by atoms with van der Waals surface area (Å²) in [6, 6.07) is 21.2. The number of rotatable bonds is 4. The minimum Gasteiger partial charge on any atom is -0.456 e. The molecule has 1 saturated carbocycles. The molecule has 0 saturated heterocycles. The molecule has 0 radical (unpaired) electrons. The molecule has 4 nitrogen and oxygen atoms in total. The Hall–Kier alpha value is -4.44. The van der Waals surface area contributed by atoms with Crippen molar-refractivity contribution in [3.8, 4) is 0 Å². The minimum absolute atomic E-state index is 0.390. The molecule has 3 aliphatic carbocycles. The summed E-state index contributed by atoms with van der Waals surface area (Å²) in [7, 11) is 0. The third kappa shape index (κ3) is 4.59. The molecule has 1 heterocycles. The molecular weight excluding hydrogens is 542 g/mol. The van der Waals surface area contributed by atoms with Gasteiger partial charge < -0.3 is 9.64 Å². The van der Waals surface area contributed by atoms with E-state index >= 15 is 0 Å². The first-order chi connectivity index (χ1) is 21.2. The second kappa shape index (κ2) is 10.6. The molecule has 2 atom stereocenters. The van der Waals surface area contributed by atoms with E-state index in [9.17, 15) is 9.59 Å². The molecule has 0 spiro atoms. The van der Waals surface area contributed by atoms with Crippen molar-refractivity contribution in [2.24, 2.45) is 0 Å². The van der Waals surface area contributed by atoms with E-state index in [1.54, 1.807) is 6.07 Å². The van der Waals surface area contributed by atoms with Gasteiger partial charge in [0.25, 0.3) is 0 Å². The number of anilines is 1. The van der Waals surface area contributed by atoms with Crippen LogP contribution in [-0.2, 0) is 16.0 Å². The molecule has 0 amide bonds. The van der Waals surface area contributed by atoms with Gasteiger partial charge in [-0.2, -0.15) is 0 Å². The summed E-state index contributed by atoms with van der Waals surface area (Å²) >= 11 is 0. The number of carbonyl (C=O) groups excluding carboxylic acids is 2. The molecule has 0 aromatic heterocycles. The van der Waals surface area contributed by atoms with E-state index in [-0.39, 0.29) is 0 Å². The topological polar surface area (TPSA) is 46.6 Å². The van der Waals surface area contributed by atoms with Crippen LogP contribution in [0.25, 0.3) is 22.4 Å². The molecule has 222 valence electrons. The highest BCUT2D eigenvalue weighted by molar-refractivity contribution is 6.27. The highest BCUT2D eigenvalue weighted by Gasteiger charge is 2.43. The van der Waals surface area contributed by atoms with Gasteiger partial charge in [0.1, 0.15) is 11.9 Å². The fourth-order valence-electron chi connectivity index (χ4n) is 7.78. The molecule has 4 aliphatic rings. The quantitative estimate of drug-likeness (QED) is 0.175. The van der Waals surface area contributed by atoms with Crippen LogP contribution in [0.5, 0.6) is 0 Å². The predicted octanol–water partition coefficient (Wildman–Crippen LogP) is 9.17. The molecule has 3 aromatic carbocycles. The number of nitrogens with zero attached hydrogens (tertiary/aromatic N) is 1. The normalized spacial score (nSPS) is 21.6. The van der Waals surface area contributed by atoms with Crippen LogP contribution < -0.4 is 4.90 Å². The van der Waals surface area contributed by atoms with Crippen molar-refractivity contribution in [3.63, 3.8) is 0 Å². The Labute approximate surface area is 260 Å². The van der Waals surface area contributed by atoms with E-state index in [0.29, 0.717) is 34.2 Å². The van der Waals surface area contributed by atoms with Crippen LogP contribution in [0.4, 0.5) is 5.69 Å². The molecule has 44 heavy (non-hydrogen) atoms. The number of allylic oxidation sites excluding steroid dienone is 4. The Balaban J connectivity index is 1.39. The number of esters is 1. The van der Waals surface area contributed by atoms with Crippen molar-refractivity contribution in [1.82, 2.24) is 0 Å². The number of benzene rings is 3. The Morgan fingerprint density at radius 3 is 2.50 bits per heavy atom. The molecule has 3 aromatic rings. The number of fused-ring (bicyclic) bond motifs is 5. The molecule has 1 aliphatic heterocycles. The van der Waals surface area contributed by atoms with Crippen LogP contribution in [0.3, 0.4) is 0 Å². The van der Waals surface area contributed by atoms with Gasteiger partial charge in [-0.05, 0) is 104 Å². The maximum Gasteiger partial charge on any atom is 0.339 e. The monoisotopic (exact) mass is 581 g/mol. The first-order valence-corrected chi connectivity index (χ1v) is 15.8. The second-order valence-electron chi connectivity index (χ2n) is 13.5. The highest BCUT2D eigenvalue weighted by atomic mass is 16.6. The summed E-state index contributed by atoms with van der Waals surface area (Å²) in [4.78, 5) is 28.3. The summed E-state index contributed by atoms with van der Waals surface area (Å²) in [6.07, 6.45) is 10.1. The lowest BCUT2D eigenvalue weighted by atomic mass is 9.81. The molecule has 0 bridgehead atoms. The number of hydrogen-bond acceptors (Lipinski definition) is 4. The van der Waals surface area contributed by atoms with Crippen LogP contribution in [0.15, 0.2) is 85.5 Å². The Morgan fingerprint density at radius 2 is 1.70 bits per heavy atom. The zero-order chi connectivity index (χ0) is 30.7. The van der Waals surface area contributed by atoms with E-state index in [0.717, 1.165) is 54.2 Å². The van der Waals surface area contributed by atoms with Crippen LogP contribution >= 0.6 is 0 Å². The fourth-order valence-corrected chi connectivity index (χ4v) is 7.78. The van der Waals surface area contributed by atoms with Crippen molar-refractivity contribution >= 4 is 40.4 Å². The van der Waals surface area contributed by atoms with Crippen molar-refractivity contribution in [1.29, 1.82) is 0 Å². The average molecular weight is 582 g/mol. The van der Waals surface area contributed by atoms with Gasteiger partial charge in [-0.15, -0.1) is 0 Å². The summed E-state index contributed by atoms with van der Waals surface area (Å²) in [5.41, 5.74) is 11.6. The maximum atomic E-state index is 14.1. The third-order valence-corrected chi connectivity index (χ3v) is 9.63. The fraction of sp³-hybridized carbons (Fsp3) is 0.300. The van der Waals surface area contributed by atoms with Gasteiger partial charge in [-0.3, -0.25) is 4.79 Å². The van der Waals surface area contributed by atoms with Crippen molar-refractivity contribution in [3.05, 3.63) is 124 Å². The predicted molar refractivity (Wildman–Crippen MR) is 179 cm³/mol. The van der Waals surface area contributed by atoms with E-state index in [4.69, 9.17) is 4.74 Å². The van der Waals surface area contributed by atoms with Crippen molar-refractivity contribution < 1.29 is 14.3 Å². The average Bonchev–Trinajstić information content (AvgIpc) is 3.47. The van der Waals surface area contributed by atoms with Crippen LogP contribution in [0.1, 0.15) is 103 Å². The van der Waals surface area contributed by atoms with E-state index in [1.807, 2.05) is 32.9 Å². The second-order valence-corrected chi connectivity index (χ2v) is 13.5. The number of hydrogen-bond donors (Lipinski definition) is 0. The van der Waals surface area contributed by atoms with E-state index in [2.05, 4.69) is 66.6 Å². The Bertz CT molecular complexity index is 1810. The first kappa shape index (κ1) is 28.3. The number of ether oxygens (including phenoxy) is 1. The van der Waals surface area contributed by atoms with Crippen LogP contribution in [0.2, 0.25) is 0 Å². The smallest absolute Gasteiger partial charge is 0.339 e. The standard InChI is InChI=1S/C40H39NO3/c1-24-29-19-17-26(23-42)21-32(29)25(2)37(24)38(39(43)44-40(3,4)5)28-18-20-36-33(22-28)31-14-8-9-15-35(31)41(36)34-16-10-12-27-11-6-7-13-30(27)34/h6-7,11,13,16-23,31,35H,1-2,8-10,12,14-15H2,3-5H3/b38-37+. The number of carbonyl (C=O) groups is 2. The summed E-state index contributed by atoms with van der Waals surface area (Å²) in [5.74, 6) is -0.00182. The van der Waals surface area contributed by atoms with E-state index in [1.165, 1.54) is 40.9 Å². The van der Waals surface area contributed by atoms with Crippen LogP contribution in [-0.4, -0.2) is 23.9 Å². The lowest BCUT2D eigenvalue weighted by Gasteiger charge is -2.37. The first-order valence-electron chi connectivity index (χ1n) is 15.8. The minimum atomic E-state index is -0.676. The van der Waals surface area contributed by atoms with Crippen LogP contribution in [0, 0.1) is 0 Å². The van der Waals surface area contributed by atoms with Gasteiger partial charge in [0.2, 0.25) is 0 Å². The Kier molecular flexibility index (Phi) is 6.84. The third-order valence-electron chi connectivity index (χ3n) is 9.63. The molecule has 0 N–H and O–H groups in total. The largest absolute Gasteiger partial charge is 0.456 e. The van der Waals surface area contributed by atoms with Gasteiger partial charge in [0, 0.05) is 40.0 Å². The van der Waals surface area contributed by atoms with E-state index < -0.39 is 11.6 Å². The Morgan fingerprint density at radius 1 is 0.932 bits per heavy atom. The van der Waals surface area contributed by atoms with Gasteiger partial charge >= 0.3 is 5.97 Å². The zero-order valence-electron chi connectivity index (χ0n) is 25.9. The molecule has 1 fully saturated rings. The highest BCUT2D eigenvalue weighted by Crippen LogP contribution is 2.53. The SMILES string of the molecule is C=C1/C(=C(\C(=O)OC(C)(C)C)c2ccc3c(c2)C2CCCCC2N3C2=CCCc3ccccc32)C(=C)c2cc(C=O)ccc21. The van der Waals surface area contributed by atoms with Gasteiger partial charge in [0.05, 0.1) is 5.57 Å². The zero-order valence-corrected chi connectivity index (χ0v) is 25.9. The molecule has 7 rings (SSSR count). The molecular formula is C40H39NO3. The summed E-state index contributed by atoms with van der Waals surface area (Å²) in [5, 5.41) is 0. The summed E-state index contributed by atoms with van der Waals surface area (Å²) < 4.78 is 6.03. The summed E-state index contributed by atoms with van der Waals surface area (Å²) in [6.45, 7) is 14.5. The lowest BCUT2D eigenvalue weighted by Crippen LogP contribution is -2.35. The van der Waals surface area contributed by atoms with Gasteiger partial charge in [-0.25, -0.2) is 4.79 Å². The molecule has 4 heteroatoms. The lowest BCUT2D eigenvalue weighted by molar-refractivity contribution is -0.147. The van der Waals surface area contributed by atoms with Crippen molar-refractivity contribution in [2.45, 2.75) is 76.9 Å². The maximum absolute atomic E-state index is 14.1.